The molecule has 1 aliphatic carbocycles. The van der Waals surface area contributed by atoms with Crippen molar-refractivity contribution in [2.24, 2.45) is 13.0 Å². The number of hydrogen-bond donors (Lipinski definition) is 0. The Labute approximate surface area is 255 Å². The summed E-state index contributed by atoms with van der Waals surface area (Å²) in [5.41, 5.74) is 1.82. The Hall–Kier alpha value is -4.25. The van der Waals surface area contributed by atoms with E-state index in [0.29, 0.717) is 43.0 Å². The summed E-state index contributed by atoms with van der Waals surface area (Å²) in [5.74, 6) is 0.259. The Kier molecular flexibility index (Phi) is 10.7. The van der Waals surface area contributed by atoms with Gasteiger partial charge in [-0.1, -0.05) is 56.4 Å². The molecule has 1 aromatic carbocycles. The maximum atomic E-state index is 13.8. The first kappa shape index (κ1) is 32.7. The molecule has 44 heavy (non-hydrogen) atoms. The summed E-state index contributed by atoms with van der Waals surface area (Å²) in [6.07, 6.45) is 10.8. The van der Waals surface area contributed by atoms with E-state index < -0.39 is 11.7 Å². The molecule has 0 N–H and O–H groups in total. The van der Waals surface area contributed by atoms with Gasteiger partial charge in [0.25, 0.3) is 5.56 Å². The van der Waals surface area contributed by atoms with Gasteiger partial charge in [-0.15, -0.1) is 0 Å². The second-order valence-electron chi connectivity index (χ2n) is 10.9. The summed E-state index contributed by atoms with van der Waals surface area (Å²) in [5, 5.41) is 4.17. The SMILES string of the molecule is CCN(CC)CCN(CC1C=CC=C(c2ccc(C(F)(F)F)cc2)C=C1)C(=O)Cn1cc(Cc2cnn(C)c2)c(=O)nc1C. The highest BCUT2D eigenvalue weighted by Crippen LogP contribution is 2.30. The van der Waals surface area contributed by atoms with E-state index in [4.69, 9.17) is 0 Å². The van der Waals surface area contributed by atoms with Crippen LogP contribution in [0, 0.1) is 12.8 Å². The molecule has 8 nitrogen and oxygen atoms in total. The smallest absolute Gasteiger partial charge is 0.339 e. The number of halogens is 3. The monoisotopic (exact) mass is 608 g/mol. The van der Waals surface area contributed by atoms with Crippen LogP contribution in [0.5, 0.6) is 0 Å². The van der Waals surface area contributed by atoms with Gasteiger partial charge in [0.1, 0.15) is 12.4 Å². The lowest BCUT2D eigenvalue weighted by atomic mass is 10.0. The maximum absolute atomic E-state index is 13.8. The fourth-order valence-corrected chi connectivity index (χ4v) is 5.12. The van der Waals surface area contributed by atoms with Crippen LogP contribution in [0.2, 0.25) is 0 Å². The van der Waals surface area contributed by atoms with Crippen LogP contribution in [0.1, 0.15) is 41.9 Å². The van der Waals surface area contributed by atoms with E-state index in [1.54, 1.807) is 28.6 Å². The summed E-state index contributed by atoms with van der Waals surface area (Å²) in [6, 6.07) is 5.10. The topological polar surface area (TPSA) is 76.3 Å². The molecular weight excluding hydrogens is 569 g/mol. The Morgan fingerprint density at radius 3 is 2.41 bits per heavy atom. The van der Waals surface area contributed by atoms with Crippen LogP contribution in [0.3, 0.4) is 0 Å². The van der Waals surface area contributed by atoms with Crippen molar-refractivity contribution in [3.8, 4) is 0 Å². The van der Waals surface area contributed by atoms with E-state index in [-0.39, 0.29) is 23.9 Å². The number of hydrogen-bond acceptors (Lipinski definition) is 5. The number of aryl methyl sites for hydroxylation is 2. The van der Waals surface area contributed by atoms with E-state index in [2.05, 4.69) is 28.8 Å². The number of carbonyl (C=O) groups excluding carboxylic acids is 1. The largest absolute Gasteiger partial charge is 0.416 e. The number of alkyl halides is 3. The highest BCUT2D eigenvalue weighted by Gasteiger charge is 2.30. The van der Waals surface area contributed by atoms with E-state index in [0.717, 1.165) is 36.4 Å². The Morgan fingerprint density at radius 1 is 1.05 bits per heavy atom. The number of amides is 1. The average molecular weight is 609 g/mol. The fraction of sp³-hybridized carbons (Fsp3) is 0.394. The highest BCUT2D eigenvalue weighted by atomic mass is 19.4. The second-order valence-corrected chi connectivity index (χ2v) is 10.9. The number of rotatable bonds is 12. The molecule has 1 atom stereocenters. The minimum Gasteiger partial charge on any atom is -0.339 e. The number of nitrogens with zero attached hydrogens (tertiary/aromatic N) is 6. The summed E-state index contributed by atoms with van der Waals surface area (Å²) in [6.45, 7) is 9.30. The first-order chi connectivity index (χ1) is 21.0. The Bertz CT molecular complexity index is 1580. The number of likely N-dealkylation sites (N-methyl/N-ethyl adjacent to an activating group) is 1. The molecule has 1 unspecified atom stereocenters. The molecule has 0 radical (unpaired) electrons. The molecule has 0 bridgehead atoms. The standard InChI is InChI=1S/C33H39F3N6O2/c1-5-40(6-2)16-17-41(21-25-8-7-9-27(11-10-25)28-12-14-30(15-13-28)33(34,35)36)31(43)23-42-22-29(32(44)38-24(42)3)18-26-19-37-39(4)20-26/h7-15,19-20,22,25H,5-6,16-18,21,23H2,1-4H3. The zero-order chi connectivity index (χ0) is 31.9. The summed E-state index contributed by atoms with van der Waals surface area (Å²) < 4.78 is 42.4. The summed E-state index contributed by atoms with van der Waals surface area (Å²) in [7, 11) is 1.81. The van der Waals surface area contributed by atoms with Gasteiger partial charge >= 0.3 is 6.18 Å². The van der Waals surface area contributed by atoms with Gasteiger partial charge in [0.05, 0.1) is 11.8 Å². The van der Waals surface area contributed by atoms with Crippen molar-refractivity contribution in [3.63, 3.8) is 0 Å². The minimum atomic E-state index is -4.39. The van der Waals surface area contributed by atoms with Crippen LogP contribution in [0.15, 0.2) is 78.0 Å². The van der Waals surface area contributed by atoms with Crippen molar-refractivity contribution in [2.75, 3.05) is 32.7 Å². The van der Waals surface area contributed by atoms with Gasteiger partial charge in [-0.3, -0.25) is 14.3 Å². The van der Waals surface area contributed by atoms with E-state index in [9.17, 15) is 22.8 Å². The normalized spacial score (nSPS) is 15.0. The zero-order valence-electron chi connectivity index (χ0n) is 25.6. The van der Waals surface area contributed by atoms with Crippen molar-refractivity contribution in [1.82, 2.24) is 29.1 Å². The van der Waals surface area contributed by atoms with Crippen molar-refractivity contribution in [3.05, 3.63) is 112 Å². The molecule has 0 saturated carbocycles. The van der Waals surface area contributed by atoms with E-state index in [1.807, 2.05) is 48.5 Å². The number of allylic oxidation sites excluding steroid dienone is 4. The van der Waals surface area contributed by atoms with Crippen molar-refractivity contribution < 1.29 is 18.0 Å². The molecule has 234 valence electrons. The minimum absolute atomic E-state index is 0.0343. The number of carbonyl (C=O) groups is 1. The molecule has 2 aromatic heterocycles. The molecular formula is C33H39F3N6O2. The van der Waals surface area contributed by atoms with E-state index in [1.165, 1.54) is 12.1 Å². The van der Waals surface area contributed by atoms with Crippen LogP contribution in [0.4, 0.5) is 13.2 Å². The second kappa shape index (κ2) is 14.5. The molecule has 0 spiro atoms. The highest BCUT2D eigenvalue weighted by molar-refractivity contribution is 5.77. The lowest BCUT2D eigenvalue weighted by Crippen LogP contribution is -2.42. The van der Waals surface area contributed by atoms with Crippen LogP contribution in [-0.2, 0) is 31.0 Å². The van der Waals surface area contributed by atoms with Gasteiger partial charge in [0.2, 0.25) is 5.91 Å². The zero-order valence-corrected chi connectivity index (χ0v) is 25.6. The maximum Gasteiger partial charge on any atom is 0.416 e. The van der Waals surface area contributed by atoms with Gasteiger partial charge in [0, 0.05) is 57.0 Å². The predicted molar refractivity (Wildman–Crippen MR) is 165 cm³/mol. The van der Waals surface area contributed by atoms with Crippen molar-refractivity contribution in [2.45, 2.75) is 39.9 Å². The van der Waals surface area contributed by atoms with Crippen LogP contribution in [-0.4, -0.2) is 67.8 Å². The first-order valence-corrected chi connectivity index (χ1v) is 14.8. The van der Waals surface area contributed by atoms with Gasteiger partial charge in [-0.25, -0.2) is 0 Å². The lowest BCUT2D eigenvalue weighted by molar-refractivity contribution is -0.137. The first-order valence-electron chi connectivity index (χ1n) is 14.8. The molecule has 4 rings (SSSR count). The lowest BCUT2D eigenvalue weighted by Gasteiger charge is -2.29. The fourth-order valence-electron chi connectivity index (χ4n) is 5.12. The third-order valence-electron chi connectivity index (χ3n) is 7.79. The van der Waals surface area contributed by atoms with Crippen molar-refractivity contribution >= 4 is 11.5 Å². The van der Waals surface area contributed by atoms with Gasteiger partial charge in [-0.2, -0.15) is 23.3 Å². The van der Waals surface area contributed by atoms with Crippen LogP contribution < -0.4 is 5.56 Å². The molecule has 3 aromatic rings. The molecule has 0 fully saturated rings. The molecule has 1 amide bonds. The van der Waals surface area contributed by atoms with Crippen molar-refractivity contribution in [1.29, 1.82) is 0 Å². The van der Waals surface area contributed by atoms with Crippen LogP contribution in [0.25, 0.3) is 5.57 Å². The molecule has 0 saturated heterocycles. The number of aromatic nitrogens is 4. The third kappa shape index (κ3) is 8.66. The van der Waals surface area contributed by atoms with Gasteiger partial charge in [0.15, 0.2) is 0 Å². The van der Waals surface area contributed by atoms with Crippen LogP contribution >= 0.6 is 0 Å². The molecule has 1 aliphatic rings. The Balaban J connectivity index is 1.50. The van der Waals surface area contributed by atoms with Gasteiger partial charge in [-0.05, 0) is 48.8 Å². The molecule has 11 heteroatoms. The third-order valence-corrected chi connectivity index (χ3v) is 7.79. The Morgan fingerprint density at radius 2 is 1.77 bits per heavy atom. The summed E-state index contributed by atoms with van der Waals surface area (Å²) in [4.78, 5) is 34.7. The quantitative estimate of drug-likeness (QED) is 0.293. The molecule has 0 aliphatic heterocycles. The predicted octanol–water partition coefficient (Wildman–Crippen LogP) is 4.89. The van der Waals surface area contributed by atoms with Gasteiger partial charge < -0.3 is 14.4 Å². The number of benzene rings is 1. The molecule has 2 heterocycles. The summed E-state index contributed by atoms with van der Waals surface area (Å²) >= 11 is 0. The van der Waals surface area contributed by atoms with E-state index >= 15 is 0 Å². The average Bonchev–Trinajstić information content (AvgIpc) is 3.25.